The predicted molar refractivity (Wildman–Crippen MR) is 51.3 cm³/mol. The summed E-state index contributed by atoms with van der Waals surface area (Å²) in [6.45, 7) is 0. The van der Waals surface area contributed by atoms with E-state index < -0.39 is 0 Å². The van der Waals surface area contributed by atoms with E-state index in [0.29, 0.717) is 5.69 Å². The van der Waals surface area contributed by atoms with Crippen LogP contribution in [0.5, 0.6) is 0 Å². The third kappa shape index (κ3) is 1.33. The first kappa shape index (κ1) is 7.67. The van der Waals surface area contributed by atoms with Crippen molar-refractivity contribution in [3.8, 4) is 0 Å². The number of benzene rings is 1. The maximum atomic E-state index is 5.05. The third-order valence-electron chi connectivity index (χ3n) is 1.80. The molecule has 4 nitrogen and oxygen atoms in total. The van der Waals surface area contributed by atoms with Gasteiger partial charge in [0.05, 0.1) is 12.4 Å². The molecule has 0 spiro atoms. The predicted octanol–water partition coefficient (Wildman–Crippen LogP) is 0.922. The second-order valence-corrected chi connectivity index (χ2v) is 2.60. The van der Waals surface area contributed by atoms with Crippen LogP contribution in [-0.2, 0) is 0 Å². The van der Waals surface area contributed by atoms with Gasteiger partial charge in [-0.25, -0.2) is 0 Å². The average Bonchev–Trinajstić information content (AvgIpc) is 2.19. The van der Waals surface area contributed by atoms with Crippen LogP contribution in [0.4, 0.5) is 0 Å². The molecule has 13 heavy (non-hydrogen) atoms. The van der Waals surface area contributed by atoms with E-state index in [-0.39, 0.29) is 0 Å². The standard InChI is InChI=1S/C9H8N4/c10-11-6-9-8-4-2-1-3-7(8)5-12-13-9/h1-6H,10H2/b11-6+. The third-order valence-corrected chi connectivity index (χ3v) is 1.80. The van der Waals surface area contributed by atoms with Gasteiger partial charge in [0.25, 0.3) is 0 Å². The van der Waals surface area contributed by atoms with Crippen LogP contribution in [0.15, 0.2) is 35.6 Å². The molecular weight excluding hydrogens is 164 g/mol. The monoisotopic (exact) mass is 172 g/mol. The van der Waals surface area contributed by atoms with Crippen molar-refractivity contribution in [1.29, 1.82) is 0 Å². The lowest BCUT2D eigenvalue weighted by Gasteiger charge is -1.97. The molecular formula is C9H8N4. The molecule has 2 rings (SSSR count). The topological polar surface area (TPSA) is 64.2 Å². The Balaban J connectivity index is 2.75. The Hall–Kier alpha value is -1.97. The van der Waals surface area contributed by atoms with Gasteiger partial charge >= 0.3 is 0 Å². The van der Waals surface area contributed by atoms with Crippen molar-refractivity contribution in [2.45, 2.75) is 0 Å². The number of nitrogens with two attached hydrogens (primary N) is 1. The number of aromatic nitrogens is 2. The highest BCUT2D eigenvalue weighted by Crippen LogP contribution is 2.12. The molecule has 0 amide bonds. The van der Waals surface area contributed by atoms with Crippen LogP contribution >= 0.6 is 0 Å². The van der Waals surface area contributed by atoms with E-state index in [9.17, 15) is 0 Å². The van der Waals surface area contributed by atoms with Crippen molar-refractivity contribution >= 4 is 17.0 Å². The highest BCUT2D eigenvalue weighted by atomic mass is 15.1. The van der Waals surface area contributed by atoms with E-state index in [1.165, 1.54) is 6.21 Å². The van der Waals surface area contributed by atoms with E-state index in [0.717, 1.165) is 10.8 Å². The fraction of sp³-hybridized carbons (Fsp3) is 0. The highest BCUT2D eigenvalue weighted by Gasteiger charge is 1.98. The van der Waals surface area contributed by atoms with E-state index in [2.05, 4.69) is 15.3 Å². The van der Waals surface area contributed by atoms with E-state index in [1.807, 2.05) is 24.3 Å². The first-order chi connectivity index (χ1) is 6.42. The molecule has 1 aromatic heterocycles. The van der Waals surface area contributed by atoms with E-state index in [4.69, 9.17) is 5.84 Å². The van der Waals surface area contributed by atoms with Crippen molar-refractivity contribution in [2.75, 3.05) is 0 Å². The quantitative estimate of drug-likeness (QED) is 0.395. The Morgan fingerprint density at radius 3 is 3.00 bits per heavy atom. The maximum Gasteiger partial charge on any atom is 0.114 e. The van der Waals surface area contributed by atoms with Gasteiger partial charge in [-0.2, -0.15) is 10.2 Å². The van der Waals surface area contributed by atoms with E-state index in [1.54, 1.807) is 6.20 Å². The SMILES string of the molecule is N/N=C/c1nncc2ccccc12. The van der Waals surface area contributed by atoms with Crippen LogP contribution in [0.25, 0.3) is 10.8 Å². The molecule has 0 bridgehead atoms. The highest BCUT2D eigenvalue weighted by molar-refractivity contribution is 5.96. The van der Waals surface area contributed by atoms with Gasteiger partial charge in [-0.15, -0.1) is 5.10 Å². The largest absolute Gasteiger partial charge is 0.323 e. The molecule has 0 saturated carbocycles. The van der Waals surface area contributed by atoms with Crippen molar-refractivity contribution in [3.63, 3.8) is 0 Å². The number of hydrogen-bond donors (Lipinski definition) is 1. The summed E-state index contributed by atoms with van der Waals surface area (Å²) in [7, 11) is 0. The lowest BCUT2D eigenvalue weighted by Crippen LogP contribution is -1.94. The second kappa shape index (κ2) is 3.18. The van der Waals surface area contributed by atoms with Crippen molar-refractivity contribution in [2.24, 2.45) is 10.9 Å². The molecule has 0 aliphatic rings. The number of rotatable bonds is 1. The number of hydrogen-bond acceptors (Lipinski definition) is 4. The molecule has 0 aliphatic carbocycles. The van der Waals surface area contributed by atoms with Gasteiger partial charge in [0.2, 0.25) is 0 Å². The van der Waals surface area contributed by atoms with Crippen molar-refractivity contribution in [3.05, 3.63) is 36.2 Å². The van der Waals surface area contributed by atoms with Gasteiger partial charge in [-0.1, -0.05) is 24.3 Å². The summed E-state index contributed by atoms with van der Waals surface area (Å²) in [6.07, 6.45) is 3.21. The number of fused-ring (bicyclic) bond motifs is 1. The minimum atomic E-state index is 0.695. The molecule has 0 fully saturated rings. The molecule has 0 saturated heterocycles. The summed E-state index contributed by atoms with van der Waals surface area (Å²) in [5, 5.41) is 13.2. The minimum absolute atomic E-state index is 0.695. The molecule has 4 heteroatoms. The molecule has 0 atom stereocenters. The van der Waals surface area contributed by atoms with Gasteiger partial charge in [-0.3, -0.25) is 0 Å². The molecule has 0 aliphatic heterocycles. The fourth-order valence-electron chi connectivity index (χ4n) is 1.22. The summed E-state index contributed by atoms with van der Waals surface area (Å²) in [5.74, 6) is 5.05. The summed E-state index contributed by atoms with van der Waals surface area (Å²) < 4.78 is 0. The van der Waals surface area contributed by atoms with Gasteiger partial charge in [0.1, 0.15) is 5.69 Å². The zero-order chi connectivity index (χ0) is 9.10. The summed E-state index contributed by atoms with van der Waals surface area (Å²) in [6, 6.07) is 7.82. The van der Waals surface area contributed by atoms with Crippen molar-refractivity contribution in [1.82, 2.24) is 10.2 Å². The molecule has 1 heterocycles. The molecule has 2 aromatic rings. The molecule has 2 N–H and O–H groups in total. The Labute approximate surface area is 75.1 Å². The minimum Gasteiger partial charge on any atom is -0.323 e. The van der Waals surface area contributed by atoms with Gasteiger partial charge < -0.3 is 5.84 Å². The Morgan fingerprint density at radius 2 is 2.15 bits per heavy atom. The lowest BCUT2D eigenvalue weighted by molar-refractivity contribution is 1.04. The molecule has 0 radical (unpaired) electrons. The van der Waals surface area contributed by atoms with Crippen LogP contribution < -0.4 is 5.84 Å². The van der Waals surface area contributed by atoms with Crippen LogP contribution in [0, 0.1) is 0 Å². The normalized spacial score (nSPS) is 11.1. The zero-order valence-corrected chi connectivity index (χ0v) is 6.88. The van der Waals surface area contributed by atoms with Crippen LogP contribution in [0.1, 0.15) is 5.69 Å². The smallest absolute Gasteiger partial charge is 0.114 e. The van der Waals surface area contributed by atoms with Crippen molar-refractivity contribution < 1.29 is 0 Å². The molecule has 64 valence electrons. The second-order valence-electron chi connectivity index (χ2n) is 2.60. The maximum absolute atomic E-state index is 5.05. The van der Waals surface area contributed by atoms with E-state index >= 15 is 0 Å². The Kier molecular flexibility index (Phi) is 1.88. The summed E-state index contributed by atoms with van der Waals surface area (Å²) in [5.41, 5.74) is 0.695. The average molecular weight is 172 g/mol. The first-order valence-electron chi connectivity index (χ1n) is 3.85. The first-order valence-corrected chi connectivity index (χ1v) is 3.85. The zero-order valence-electron chi connectivity index (χ0n) is 6.88. The Morgan fingerprint density at radius 1 is 1.31 bits per heavy atom. The molecule has 0 unspecified atom stereocenters. The lowest BCUT2D eigenvalue weighted by atomic mass is 10.1. The van der Waals surface area contributed by atoms with Gasteiger partial charge in [0.15, 0.2) is 0 Å². The van der Waals surface area contributed by atoms with Gasteiger partial charge in [-0.05, 0) is 0 Å². The fourth-order valence-corrected chi connectivity index (χ4v) is 1.22. The molecule has 1 aromatic carbocycles. The van der Waals surface area contributed by atoms with Gasteiger partial charge in [0, 0.05) is 10.8 Å². The van der Waals surface area contributed by atoms with Crippen LogP contribution in [-0.4, -0.2) is 16.4 Å². The Bertz CT molecular complexity index is 445. The van der Waals surface area contributed by atoms with Crippen LogP contribution in [0.2, 0.25) is 0 Å². The summed E-state index contributed by atoms with van der Waals surface area (Å²) >= 11 is 0. The number of nitrogens with zero attached hydrogens (tertiary/aromatic N) is 3. The van der Waals surface area contributed by atoms with Crippen LogP contribution in [0.3, 0.4) is 0 Å². The summed E-state index contributed by atoms with van der Waals surface area (Å²) in [4.78, 5) is 0. The number of hydrazone groups is 1.